The molecule has 0 saturated heterocycles. The van der Waals surface area contributed by atoms with E-state index in [9.17, 15) is 9.59 Å². The van der Waals surface area contributed by atoms with E-state index in [1.807, 2.05) is 18.2 Å². The third-order valence-corrected chi connectivity index (χ3v) is 4.52. The van der Waals surface area contributed by atoms with Gasteiger partial charge >= 0.3 is 5.63 Å². The number of carbonyl (C=O) groups is 1. The Morgan fingerprint density at radius 3 is 2.78 bits per heavy atom. The molecule has 0 radical (unpaired) electrons. The third-order valence-electron chi connectivity index (χ3n) is 3.99. The summed E-state index contributed by atoms with van der Waals surface area (Å²) in [5, 5.41) is 4.49. The Balaban J connectivity index is 1.58. The Hall–Kier alpha value is -2.50. The summed E-state index contributed by atoms with van der Waals surface area (Å²) in [6.45, 7) is 2.06. The van der Waals surface area contributed by atoms with Crippen LogP contribution in [0, 0.1) is 6.92 Å². The van der Waals surface area contributed by atoms with E-state index in [0.29, 0.717) is 28.6 Å². The third kappa shape index (κ3) is 5.02. The number of fused-ring (bicyclic) bond motifs is 1. The highest BCUT2D eigenvalue weighted by Gasteiger charge is 2.11. The van der Waals surface area contributed by atoms with Gasteiger partial charge in [-0.1, -0.05) is 35.3 Å². The lowest BCUT2D eigenvalue weighted by Gasteiger charge is -2.10. The van der Waals surface area contributed by atoms with Crippen molar-refractivity contribution in [2.24, 2.45) is 0 Å². The summed E-state index contributed by atoms with van der Waals surface area (Å²) < 4.78 is 10.6. The molecule has 3 aromatic rings. The van der Waals surface area contributed by atoms with Crippen molar-refractivity contribution >= 4 is 40.1 Å². The van der Waals surface area contributed by atoms with E-state index < -0.39 is 5.63 Å². The summed E-state index contributed by atoms with van der Waals surface area (Å²) in [7, 11) is 0. The number of carbonyl (C=O) groups excluding carboxylic acids is 1. The average molecular weight is 406 g/mol. The Morgan fingerprint density at radius 1 is 1.19 bits per heavy atom. The first-order chi connectivity index (χ1) is 12.9. The van der Waals surface area contributed by atoms with Gasteiger partial charge in [-0.05, 0) is 42.7 Å². The lowest BCUT2D eigenvalue weighted by atomic mass is 10.1. The molecule has 0 fully saturated rings. The topological polar surface area (TPSA) is 68.5 Å². The van der Waals surface area contributed by atoms with Crippen molar-refractivity contribution in [1.29, 1.82) is 0 Å². The van der Waals surface area contributed by atoms with Crippen molar-refractivity contribution < 1.29 is 13.9 Å². The molecular weight excluding hydrogens is 389 g/mol. The first-order valence-electron chi connectivity index (χ1n) is 8.30. The summed E-state index contributed by atoms with van der Waals surface area (Å²) >= 11 is 12.1. The maximum Gasteiger partial charge on any atom is 0.336 e. The largest absolute Gasteiger partial charge is 0.482 e. The van der Waals surface area contributed by atoms with E-state index in [1.165, 1.54) is 12.1 Å². The van der Waals surface area contributed by atoms with Gasteiger partial charge in [0.2, 0.25) is 0 Å². The zero-order valence-electron chi connectivity index (χ0n) is 14.6. The first kappa shape index (κ1) is 19.3. The maximum absolute atomic E-state index is 12.0. The molecule has 1 N–H and O–H groups in total. The highest BCUT2D eigenvalue weighted by atomic mass is 35.5. The van der Waals surface area contributed by atoms with Gasteiger partial charge in [0, 0.05) is 29.1 Å². The van der Waals surface area contributed by atoms with Gasteiger partial charge in [0.1, 0.15) is 11.3 Å². The van der Waals surface area contributed by atoms with E-state index in [4.69, 9.17) is 32.4 Å². The second kappa shape index (κ2) is 8.46. The van der Waals surface area contributed by atoms with E-state index in [-0.39, 0.29) is 18.3 Å². The number of aryl methyl sites for hydroxylation is 1. The van der Waals surface area contributed by atoms with Gasteiger partial charge in [-0.25, -0.2) is 4.79 Å². The fourth-order valence-corrected chi connectivity index (χ4v) is 3.09. The number of nitrogens with one attached hydrogen (secondary N) is 1. The SMILES string of the molecule is Cc1cc(=O)oc2cc(OCC(=O)NCCc3cccc(Cl)c3)c(Cl)cc12. The van der Waals surface area contributed by atoms with Crippen LogP contribution < -0.4 is 15.7 Å². The van der Waals surface area contributed by atoms with E-state index >= 15 is 0 Å². The van der Waals surface area contributed by atoms with E-state index in [2.05, 4.69) is 5.32 Å². The lowest BCUT2D eigenvalue weighted by molar-refractivity contribution is -0.123. The average Bonchev–Trinajstić information content (AvgIpc) is 2.61. The molecule has 1 aromatic heterocycles. The van der Waals surface area contributed by atoms with Crippen LogP contribution in [0.4, 0.5) is 0 Å². The summed E-state index contributed by atoms with van der Waals surface area (Å²) in [6, 6.07) is 12.0. The molecule has 27 heavy (non-hydrogen) atoms. The molecule has 0 bridgehead atoms. The molecule has 1 amide bonds. The van der Waals surface area contributed by atoms with Gasteiger partial charge in [0.25, 0.3) is 5.91 Å². The molecule has 7 heteroatoms. The molecule has 0 atom stereocenters. The Bertz CT molecular complexity index is 1050. The molecule has 140 valence electrons. The smallest absolute Gasteiger partial charge is 0.336 e. The molecule has 0 unspecified atom stereocenters. The van der Waals surface area contributed by atoms with Crippen molar-refractivity contribution in [3.63, 3.8) is 0 Å². The second-order valence-electron chi connectivity index (χ2n) is 6.05. The summed E-state index contributed by atoms with van der Waals surface area (Å²) in [5.74, 6) is 0.00166. The second-order valence-corrected chi connectivity index (χ2v) is 6.89. The van der Waals surface area contributed by atoms with Crippen LogP contribution in [-0.4, -0.2) is 19.1 Å². The number of hydrogen-bond donors (Lipinski definition) is 1. The van der Waals surface area contributed by atoms with Crippen LogP contribution in [0.1, 0.15) is 11.1 Å². The predicted octanol–water partition coefficient (Wildman–Crippen LogP) is 4.15. The van der Waals surface area contributed by atoms with Gasteiger partial charge in [-0.2, -0.15) is 0 Å². The van der Waals surface area contributed by atoms with Crippen LogP contribution in [-0.2, 0) is 11.2 Å². The van der Waals surface area contributed by atoms with Crippen molar-refractivity contribution in [2.45, 2.75) is 13.3 Å². The normalized spacial score (nSPS) is 10.8. The van der Waals surface area contributed by atoms with Crippen molar-refractivity contribution in [1.82, 2.24) is 5.32 Å². The van der Waals surface area contributed by atoms with Gasteiger partial charge in [0.15, 0.2) is 6.61 Å². The molecule has 1 heterocycles. The van der Waals surface area contributed by atoms with Crippen molar-refractivity contribution in [3.05, 3.63) is 74.1 Å². The number of benzene rings is 2. The van der Waals surface area contributed by atoms with Crippen LogP contribution in [0.5, 0.6) is 5.75 Å². The van der Waals surface area contributed by atoms with Crippen LogP contribution >= 0.6 is 23.2 Å². The Kier molecular flexibility index (Phi) is 6.04. The molecule has 0 aliphatic rings. The molecular formula is C20H17Cl2NO4. The monoisotopic (exact) mass is 405 g/mol. The zero-order chi connectivity index (χ0) is 19.4. The van der Waals surface area contributed by atoms with Crippen LogP contribution in [0.3, 0.4) is 0 Å². The Morgan fingerprint density at radius 2 is 2.00 bits per heavy atom. The molecule has 3 rings (SSSR count). The number of ether oxygens (including phenoxy) is 1. The predicted molar refractivity (Wildman–Crippen MR) is 106 cm³/mol. The quantitative estimate of drug-likeness (QED) is 0.625. The minimum absolute atomic E-state index is 0.198. The van der Waals surface area contributed by atoms with Gasteiger partial charge in [-0.15, -0.1) is 0 Å². The van der Waals surface area contributed by atoms with Gasteiger partial charge in [-0.3, -0.25) is 4.79 Å². The number of halogens is 2. The van der Waals surface area contributed by atoms with Crippen LogP contribution in [0.15, 0.2) is 51.7 Å². The molecule has 0 saturated carbocycles. The molecule has 0 aliphatic heterocycles. The van der Waals surface area contributed by atoms with Gasteiger partial charge in [0.05, 0.1) is 5.02 Å². The van der Waals surface area contributed by atoms with E-state index in [0.717, 1.165) is 16.5 Å². The minimum Gasteiger partial charge on any atom is -0.482 e. The van der Waals surface area contributed by atoms with E-state index in [1.54, 1.807) is 19.1 Å². The lowest BCUT2D eigenvalue weighted by Crippen LogP contribution is -2.30. The Labute approximate surface area is 165 Å². The molecule has 5 nitrogen and oxygen atoms in total. The summed E-state index contributed by atoms with van der Waals surface area (Å²) in [6.07, 6.45) is 0.660. The molecule has 0 aliphatic carbocycles. The number of hydrogen-bond acceptors (Lipinski definition) is 4. The van der Waals surface area contributed by atoms with Gasteiger partial charge < -0.3 is 14.5 Å². The molecule has 2 aromatic carbocycles. The minimum atomic E-state index is -0.452. The van der Waals surface area contributed by atoms with Crippen molar-refractivity contribution in [3.8, 4) is 5.75 Å². The summed E-state index contributed by atoms with van der Waals surface area (Å²) in [5.41, 5.74) is 1.70. The maximum atomic E-state index is 12.0. The number of amides is 1. The molecule has 0 spiro atoms. The highest BCUT2D eigenvalue weighted by molar-refractivity contribution is 6.32. The first-order valence-corrected chi connectivity index (χ1v) is 9.06. The van der Waals surface area contributed by atoms with Crippen molar-refractivity contribution in [2.75, 3.05) is 13.2 Å². The summed E-state index contributed by atoms with van der Waals surface area (Å²) in [4.78, 5) is 23.5. The standard InChI is InChI=1S/C20H17Cl2NO4/c1-12-7-20(25)27-17-10-18(16(22)9-15(12)17)26-11-19(24)23-6-5-13-3-2-4-14(21)8-13/h2-4,7-10H,5-6,11H2,1H3,(H,23,24). The van der Waals surface area contributed by atoms with Crippen LogP contribution in [0.2, 0.25) is 10.0 Å². The fourth-order valence-electron chi connectivity index (χ4n) is 2.66. The highest BCUT2D eigenvalue weighted by Crippen LogP contribution is 2.30. The fraction of sp³-hybridized carbons (Fsp3) is 0.200. The zero-order valence-corrected chi connectivity index (χ0v) is 16.1. The van der Waals surface area contributed by atoms with Crippen LogP contribution in [0.25, 0.3) is 11.0 Å². The number of rotatable bonds is 6.